The molecule has 0 saturated carbocycles. The highest BCUT2D eigenvalue weighted by atomic mass is 16.5. The van der Waals surface area contributed by atoms with Gasteiger partial charge in [-0.3, -0.25) is 4.79 Å². The van der Waals surface area contributed by atoms with Crippen LogP contribution in [0.15, 0.2) is 66.7 Å². The first-order chi connectivity index (χ1) is 13.6. The van der Waals surface area contributed by atoms with Crippen molar-refractivity contribution in [1.82, 2.24) is 0 Å². The van der Waals surface area contributed by atoms with E-state index in [-0.39, 0.29) is 12.3 Å². The summed E-state index contributed by atoms with van der Waals surface area (Å²) < 4.78 is 16.3. The summed E-state index contributed by atoms with van der Waals surface area (Å²) in [6.45, 7) is 2.02. The lowest BCUT2D eigenvalue weighted by Gasteiger charge is -2.10. The van der Waals surface area contributed by atoms with Crippen LogP contribution in [0.2, 0.25) is 0 Å². The second-order valence-electron chi connectivity index (χ2n) is 6.36. The number of methoxy groups -OCH3 is 2. The summed E-state index contributed by atoms with van der Waals surface area (Å²) in [5, 5.41) is 2.89. The van der Waals surface area contributed by atoms with Gasteiger partial charge < -0.3 is 19.5 Å². The molecule has 0 aliphatic rings. The summed E-state index contributed by atoms with van der Waals surface area (Å²) in [6, 6.07) is 20.6. The van der Waals surface area contributed by atoms with Gasteiger partial charge in [0.2, 0.25) is 5.91 Å². The van der Waals surface area contributed by atoms with Crippen LogP contribution in [0.3, 0.4) is 0 Å². The summed E-state index contributed by atoms with van der Waals surface area (Å²) in [7, 11) is 3.15. The molecule has 0 radical (unpaired) electrons. The van der Waals surface area contributed by atoms with E-state index >= 15 is 0 Å². The minimum absolute atomic E-state index is 0.112. The molecule has 0 unspecified atom stereocenters. The Balaban J connectivity index is 1.60. The number of nitrogens with one attached hydrogen (secondary N) is 1. The Morgan fingerprint density at radius 1 is 0.857 bits per heavy atom. The molecule has 3 rings (SSSR count). The summed E-state index contributed by atoms with van der Waals surface area (Å²) in [6.07, 6.45) is 0.238. The predicted molar refractivity (Wildman–Crippen MR) is 110 cm³/mol. The van der Waals surface area contributed by atoms with Gasteiger partial charge in [-0.2, -0.15) is 0 Å². The van der Waals surface area contributed by atoms with Crippen molar-refractivity contribution in [3.8, 4) is 23.0 Å². The average Bonchev–Trinajstić information content (AvgIpc) is 2.69. The lowest BCUT2D eigenvalue weighted by atomic mass is 10.1. The van der Waals surface area contributed by atoms with Crippen molar-refractivity contribution in [3.05, 3.63) is 77.9 Å². The average molecular weight is 377 g/mol. The molecular formula is C23H23NO4. The first-order valence-corrected chi connectivity index (χ1v) is 8.92. The van der Waals surface area contributed by atoms with E-state index in [0.29, 0.717) is 22.9 Å². The number of amides is 1. The van der Waals surface area contributed by atoms with Crippen LogP contribution in [-0.4, -0.2) is 20.1 Å². The molecule has 0 spiro atoms. The van der Waals surface area contributed by atoms with E-state index in [9.17, 15) is 4.79 Å². The Hall–Kier alpha value is -3.47. The normalized spacial score (nSPS) is 10.2. The minimum atomic E-state index is -0.112. The van der Waals surface area contributed by atoms with Crippen molar-refractivity contribution in [1.29, 1.82) is 0 Å². The number of hydrogen-bond acceptors (Lipinski definition) is 4. The van der Waals surface area contributed by atoms with E-state index in [0.717, 1.165) is 16.9 Å². The largest absolute Gasteiger partial charge is 0.493 e. The Labute approximate surface area is 164 Å². The molecule has 0 bridgehead atoms. The van der Waals surface area contributed by atoms with Gasteiger partial charge in [-0.05, 0) is 66.6 Å². The summed E-state index contributed by atoms with van der Waals surface area (Å²) in [5.74, 6) is 2.62. The molecule has 0 aliphatic carbocycles. The zero-order chi connectivity index (χ0) is 19.9. The van der Waals surface area contributed by atoms with Crippen molar-refractivity contribution in [3.63, 3.8) is 0 Å². The maximum absolute atomic E-state index is 12.3. The molecular weight excluding hydrogens is 354 g/mol. The van der Waals surface area contributed by atoms with Crippen LogP contribution < -0.4 is 19.5 Å². The molecule has 3 aromatic carbocycles. The third-order valence-corrected chi connectivity index (χ3v) is 4.18. The topological polar surface area (TPSA) is 56.8 Å². The van der Waals surface area contributed by atoms with E-state index in [1.807, 2.05) is 61.5 Å². The fourth-order valence-corrected chi connectivity index (χ4v) is 2.80. The lowest BCUT2D eigenvalue weighted by molar-refractivity contribution is -0.115. The third-order valence-electron chi connectivity index (χ3n) is 4.18. The van der Waals surface area contributed by atoms with E-state index in [2.05, 4.69) is 5.32 Å². The van der Waals surface area contributed by atoms with Crippen LogP contribution in [0, 0.1) is 6.92 Å². The molecule has 5 heteroatoms. The Morgan fingerprint density at radius 2 is 1.61 bits per heavy atom. The Morgan fingerprint density at radius 3 is 2.29 bits per heavy atom. The van der Waals surface area contributed by atoms with Gasteiger partial charge in [0.05, 0.1) is 20.6 Å². The van der Waals surface area contributed by atoms with Crippen LogP contribution >= 0.6 is 0 Å². The molecule has 1 amide bonds. The van der Waals surface area contributed by atoms with Gasteiger partial charge in [0.1, 0.15) is 11.5 Å². The maximum Gasteiger partial charge on any atom is 0.228 e. The van der Waals surface area contributed by atoms with Gasteiger partial charge in [0.25, 0.3) is 0 Å². The summed E-state index contributed by atoms with van der Waals surface area (Å²) in [4.78, 5) is 12.3. The number of anilines is 1. The quantitative estimate of drug-likeness (QED) is 0.630. The second-order valence-corrected chi connectivity index (χ2v) is 6.36. The van der Waals surface area contributed by atoms with Crippen molar-refractivity contribution in [2.45, 2.75) is 13.3 Å². The van der Waals surface area contributed by atoms with Crippen LogP contribution in [0.4, 0.5) is 5.69 Å². The fraction of sp³-hybridized carbons (Fsp3) is 0.174. The molecule has 1 N–H and O–H groups in total. The highest BCUT2D eigenvalue weighted by Gasteiger charge is 2.09. The highest BCUT2D eigenvalue weighted by Crippen LogP contribution is 2.28. The van der Waals surface area contributed by atoms with Crippen LogP contribution in [0.5, 0.6) is 23.0 Å². The minimum Gasteiger partial charge on any atom is -0.493 e. The fourth-order valence-electron chi connectivity index (χ4n) is 2.80. The highest BCUT2D eigenvalue weighted by molar-refractivity contribution is 5.92. The van der Waals surface area contributed by atoms with E-state index in [1.165, 1.54) is 0 Å². The molecule has 0 fully saturated rings. The second kappa shape index (κ2) is 8.95. The molecule has 0 saturated heterocycles. The van der Waals surface area contributed by atoms with Crippen LogP contribution in [-0.2, 0) is 11.2 Å². The van der Waals surface area contributed by atoms with E-state index in [1.54, 1.807) is 26.4 Å². The van der Waals surface area contributed by atoms with Crippen molar-refractivity contribution in [2.75, 3.05) is 19.5 Å². The van der Waals surface area contributed by atoms with Crippen LogP contribution in [0.25, 0.3) is 0 Å². The molecule has 0 aliphatic heterocycles. The van der Waals surface area contributed by atoms with Crippen molar-refractivity contribution in [2.24, 2.45) is 0 Å². The number of rotatable bonds is 7. The number of hydrogen-bond donors (Lipinski definition) is 1. The number of carbonyl (C=O) groups excluding carboxylic acids is 1. The van der Waals surface area contributed by atoms with Gasteiger partial charge in [0, 0.05) is 5.69 Å². The van der Waals surface area contributed by atoms with Gasteiger partial charge in [0.15, 0.2) is 11.5 Å². The summed E-state index contributed by atoms with van der Waals surface area (Å²) in [5.41, 5.74) is 2.69. The van der Waals surface area contributed by atoms with E-state index in [4.69, 9.17) is 14.2 Å². The molecule has 0 heterocycles. The monoisotopic (exact) mass is 377 g/mol. The maximum atomic E-state index is 12.3. The SMILES string of the molecule is COc1ccc(CC(=O)Nc2ccc(Oc3cccc(C)c3)cc2)cc1OC. The molecule has 5 nitrogen and oxygen atoms in total. The Kier molecular flexibility index (Phi) is 6.17. The molecule has 144 valence electrons. The summed E-state index contributed by atoms with van der Waals surface area (Å²) >= 11 is 0. The van der Waals surface area contributed by atoms with E-state index < -0.39 is 0 Å². The molecule has 3 aromatic rings. The predicted octanol–water partition coefficient (Wildman–Crippen LogP) is 4.99. The lowest BCUT2D eigenvalue weighted by Crippen LogP contribution is -2.14. The number of carbonyl (C=O) groups is 1. The van der Waals surface area contributed by atoms with Gasteiger partial charge in [-0.15, -0.1) is 0 Å². The van der Waals surface area contributed by atoms with Gasteiger partial charge >= 0.3 is 0 Å². The Bertz CT molecular complexity index is 951. The molecule has 0 aromatic heterocycles. The standard InChI is InChI=1S/C23H23NO4/c1-16-5-4-6-20(13-16)28-19-10-8-18(9-11-19)24-23(25)15-17-7-12-21(26-2)22(14-17)27-3/h4-14H,15H2,1-3H3,(H,24,25). The number of ether oxygens (including phenoxy) is 3. The zero-order valence-electron chi connectivity index (χ0n) is 16.2. The molecule has 0 atom stereocenters. The van der Waals surface area contributed by atoms with Crippen LogP contribution in [0.1, 0.15) is 11.1 Å². The van der Waals surface area contributed by atoms with Gasteiger partial charge in [-0.1, -0.05) is 18.2 Å². The number of benzene rings is 3. The molecule has 28 heavy (non-hydrogen) atoms. The third kappa shape index (κ3) is 5.04. The first-order valence-electron chi connectivity index (χ1n) is 8.92. The van der Waals surface area contributed by atoms with Gasteiger partial charge in [-0.25, -0.2) is 0 Å². The van der Waals surface area contributed by atoms with Crippen molar-refractivity contribution >= 4 is 11.6 Å². The number of aryl methyl sites for hydroxylation is 1. The zero-order valence-corrected chi connectivity index (χ0v) is 16.2. The first kappa shape index (κ1) is 19.3. The smallest absolute Gasteiger partial charge is 0.228 e. The van der Waals surface area contributed by atoms with Crippen molar-refractivity contribution < 1.29 is 19.0 Å².